The summed E-state index contributed by atoms with van der Waals surface area (Å²) in [6.45, 7) is 8.44. The van der Waals surface area contributed by atoms with Crippen LogP contribution in [0.4, 0.5) is 10.2 Å². The molecule has 0 aliphatic rings. The summed E-state index contributed by atoms with van der Waals surface area (Å²) >= 11 is 0. The lowest BCUT2D eigenvalue weighted by atomic mass is 10.3. The summed E-state index contributed by atoms with van der Waals surface area (Å²) in [6.07, 6.45) is 1.41. The Morgan fingerprint density at radius 3 is 2.77 bits per heavy atom. The molecule has 68 valence electrons. The standard InChI is InChI=1S/C9H10FN3/c1-4-13(11-3)8-6-5-7(2)9(10)12-8/h4-6H,1,3H2,2H3. The van der Waals surface area contributed by atoms with Crippen LogP contribution in [-0.2, 0) is 0 Å². The van der Waals surface area contributed by atoms with E-state index < -0.39 is 5.95 Å². The van der Waals surface area contributed by atoms with Crippen LogP contribution in [0.3, 0.4) is 0 Å². The van der Waals surface area contributed by atoms with Crippen LogP contribution in [-0.4, -0.2) is 11.7 Å². The van der Waals surface area contributed by atoms with E-state index in [1.807, 2.05) is 0 Å². The lowest BCUT2D eigenvalue weighted by Crippen LogP contribution is -2.08. The van der Waals surface area contributed by atoms with Crippen molar-refractivity contribution in [2.45, 2.75) is 6.92 Å². The van der Waals surface area contributed by atoms with Crippen LogP contribution in [0.5, 0.6) is 0 Å². The van der Waals surface area contributed by atoms with E-state index >= 15 is 0 Å². The van der Waals surface area contributed by atoms with Crippen LogP contribution in [0.25, 0.3) is 0 Å². The van der Waals surface area contributed by atoms with Crippen molar-refractivity contribution in [2.75, 3.05) is 5.01 Å². The minimum Gasteiger partial charge on any atom is -0.224 e. The highest BCUT2D eigenvalue weighted by Crippen LogP contribution is 2.13. The van der Waals surface area contributed by atoms with Crippen molar-refractivity contribution in [3.63, 3.8) is 0 Å². The number of rotatable bonds is 3. The maximum Gasteiger partial charge on any atom is 0.217 e. The first-order valence-corrected chi connectivity index (χ1v) is 3.70. The maximum absolute atomic E-state index is 13.0. The van der Waals surface area contributed by atoms with E-state index in [0.717, 1.165) is 0 Å². The third-order valence-electron chi connectivity index (χ3n) is 1.58. The van der Waals surface area contributed by atoms with Gasteiger partial charge in [0.2, 0.25) is 5.95 Å². The van der Waals surface area contributed by atoms with Crippen LogP contribution < -0.4 is 5.01 Å². The molecule has 0 spiro atoms. The van der Waals surface area contributed by atoms with Crippen LogP contribution in [0.1, 0.15) is 5.56 Å². The highest BCUT2D eigenvalue weighted by atomic mass is 19.1. The molecule has 0 radical (unpaired) electrons. The summed E-state index contributed by atoms with van der Waals surface area (Å²) in [5.41, 5.74) is 0.497. The van der Waals surface area contributed by atoms with Gasteiger partial charge in [0.05, 0.1) is 0 Å². The summed E-state index contributed by atoms with van der Waals surface area (Å²) in [5.74, 6) is -0.138. The van der Waals surface area contributed by atoms with Gasteiger partial charge in [-0.2, -0.15) is 14.5 Å². The molecule has 1 aromatic heterocycles. The van der Waals surface area contributed by atoms with Crippen LogP contribution in [0, 0.1) is 12.9 Å². The van der Waals surface area contributed by atoms with Crippen LogP contribution in [0.15, 0.2) is 30.0 Å². The molecule has 0 saturated heterocycles. The molecule has 1 heterocycles. The van der Waals surface area contributed by atoms with Crippen molar-refractivity contribution >= 4 is 12.5 Å². The fraction of sp³-hybridized carbons (Fsp3) is 0.111. The Morgan fingerprint density at radius 1 is 1.62 bits per heavy atom. The summed E-state index contributed by atoms with van der Waals surface area (Å²) < 4.78 is 13.0. The van der Waals surface area contributed by atoms with Gasteiger partial charge in [-0.15, -0.1) is 0 Å². The number of aromatic nitrogens is 1. The number of halogens is 1. The molecule has 0 amide bonds. The second-order valence-electron chi connectivity index (χ2n) is 2.45. The van der Waals surface area contributed by atoms with Crippen molar-refractivity contribution in [3.05, 3.63) is 36.4 Å². The van der Waals surface area contributed by atoms with Crippen molar-refractivity contribution in [1.82, 2.24) is 4.98 Å². The molecular weight excluding hydrogens is 169 g/mol. The Morgan fingerprint density at radius 2 is 2.31 bits per heavy atom. The molecular formula is C9H10FN3. The van der Waals surface area contributed by atoms with Gasteiger partial charge in [0.1, 0.15) is 0 Å². The van der Waals surface area contributed by atoms with E-state index in [4.69, 9.17) is 0 Å². The average molecular weight is 179 g/mol. The van der Waals surface area contributed by atoms with Crippen molar-refractivity contribution < 1.29 is 4.39 Å². The van der Waals surface area contributed by atoms with E-state index in [1.54, 1.807) is 19.1 Å². The maximum atomic E-state index is 13.0. The number of nitrogens with zero attached hydrogens (tertiary/aromatic N) is 3. The van der Waals surface area contributed by atoms with Gasteiger partial charge in [-0.05, 0) is 13.0 Å². The summed E-state index contributed by atoms with van der Waals surface area (Å²) in [7, 11) is 0. The topological polar surface area (TPSA) is 28.5 Å². The number of hydrazone groups is 1. The normalized spacial score (nSPS) is 9.38. The first kappa shape index (κ1) is 9.38. The Bertz CT molecular complexity index is 328. The van der Waals surface area contributed by atoms with Gasteiger partial charge in [0.15, 0.2) is 5.82 Å². The third-order valence-corrected chi connectivity index (χ3v) is 1.58. The fourth-order valence-corrected chi connectivity index (χ4v) is 0.846. The largest absolute Gasteiger partial charge is 0.224 e. The quantitative estimate of drug-likeness (QED) is 0.404. The van der Waals surface area contributed by atoms with E-state index in [-0.39, 0.29) is 0 Å². The van der Waals surface area contributed by atoms with Gasteiger partial charge in [-0.1, -0.05) is 12.6 Å². The Balaban J connectivity index is 3.08. The van der Waals surface area contributed by atoms with E-state index in [1.165, 1.54) is 11.2 Å². The first-order chi connectivity index (χ1) is 6.19. The Labute approximate surface area is 76.2 Å². The van der Waals surface area contributed by atoms with Crippen molar-refractivity contribution in [3.8, 4) is 0 Å². The molecule has 13 heavy (non-hydrogen) atoms. The third kappa shape index (κ3) is 1.90. The molecule has 0 unspecified atom stereocenters. The van der Waals surface area contributed by atoms with Gasteiger partial charge in [0, 0.05) is 18.5 Å². The number of anilines is 1. The smallest absolute Gasteiger partial charge is 0.217 e. The zero-order chi connectivity index (χ0) is 9.84. The summed E-state index contributed by atoms with van der Waals surface area (Å²) in [5, 5.41) is 4.88. The summed E-state index contributed by atoms with van der Waals surface area (Å²) in [4.78, 5) is 3.67. The first-order valence-electron chi connectivity index (χ1n) is 3.70. The Hall–Kier alpha value is -1.71. The zero-order valence-electron chi connectivity index (χ0n) is 7.37. The molecule has 0 aromatic carbocycles. The van der Waals surface area contributed by atoms with Gasteiger partial charge in [-0.3, -0.25) is 0 Å². The number of hydrogen-bond donors (Lipinski definition) is 0. The van der Waals surface area contributed by atoms with Crippen LogP contribution >= 0.6 is 0 Å². The van der Waals surface area contributed by atoms with Gasteiger partial charge in [0.25, 0.3) is 0 Å². The second-order valence-corrected chi connectivity index (χ2v) is 2.45. The second kappa shape index (κ2) is 3.80. The minimum atomic E-state index is -0.506. The lowest BCUT2D eigenvalue weighted by Gasteiger charge is -2.11. The summed E-state index contributed by atoms with van der Waals surface area (Å²) in [6, 6.07) is 3.27. The van der Waals surface area contributed by atoms with Crippen molar-refractivity contribution in [1.29, 1.82) is 0 Å². The highest BCUT2D eigenvalue weighted by molar-refractivity contribution is 5.44. The van der Waals surface area contributed by atoms with E-state index in [0.29, 0.717) is 11.4 Å². The highest BCUT2D eigenvalue weighted by Gasteiger charge is 2.04. The predicted octanol–water partition coefficient (Wildman–Crippen LogP) is 2.09. The Kier molecular flexibility index (Phi) is 2.74. The monoisotopic (exact) mass is 179 g/mol. The number of aryl methyl sites for hydroxylation is 1. The fourth-order valence-electron chi connectivity index (χ4n) is 0.846. The van der Waals surface area contributed by atoms with Crippen molar-refractivity contribution in [2.24, 2.45) is 5.10 Å². The molecule has 0 N–H and O–H groups in total. The SMILES string of the molecule is C=CN(N=C)c1ccc(C)c(F)n1. The van der Waals surface area contributed by atoms with Crippen LogP contribution in [0.2, 0.25) is 0 Å². The van der Waals surface area contributed by atoms with E-state index in [9.17, 15) is 4.39 Å². The van der Waals surface area contributed by atoms with Gasteiger partial charge >= 0.3 is 0 Å². The zero-order valence-corrected chi connectivity index (χ0v) is 7.37. The molecule has 3 nitrogen and oxygen atoms in total. The molecule has 1 rings (SSSR count). The number of pyridine rings is 1. The lowest BCUT2D eigenvalue weighted by molar-refractivity contribution is 0.574. The predicted molar refractivity (Wildman–Crippen MR) is 51.2 cm³/mol. The van der Waals surface area contributed by atoms with E-state index in [2.05, 4.69) is 23.4 Å². The molecule has 0 aliphatic carbocycles. The molecule has 0 aliphatic heterocycles. The minimum absolute atomic E-state index is 0.369. The molecule has 0 saturated carbocycles. The number of hydrogen-bond acceptors (Lipinski definition) is 3. The molecule has 0 atom stereocenters. The molecule has 0 fully saturated rings. The average Bonchev–Trinajstić information content (AvgIpc) is 2.13. The van der Waals surface area contributed by atoms with Gasteiger partial charge < -0.3 is 0 Å². The molecule has 0 bridgehead atoms. The molecule has 4 heteroatoms. The molecule has 1 aromatic rings. The van der Waals surface area contributed by atoms with Gasteiger partial charge in [-0.25, -0.2) is 5.01 Å².